The lowest BCUT2D eigenvalue weighted by Gasteiger charge is -2.21. The summed E-state index contributed by atoms with van der Waals surface area (Å²) in [6.07, 6.45) is 4.41. The van der Waals surface area contributed by atoms with Crippen LogP contribution in [-0.4, -0.2) is 35.8 Å². The topological polar surface area (TPSA) is 63.7 Å². The zero-order valence-electron chi connectivity index (χ0n) is 16.4. The standard InChI is InChI=1S/C24H25NO4/c1-18(22(14-15-26)20-10-6-3-7-11-20)12-13-23(27)25-21(17-29-24(25)28)16-19-8-4-2-5-9-19/h2-13,15,18,21-22H,14,16-17H2,1H3/b13-12+/t18-,21+,22-/m1/s1. The lowest BCUT2D eigenvalue weighted by Crippen LogP contribution is -2.39. The Morgan fingerprint density at radius 2 is 1.79 bits per heavy atom. The number of nitrogens with zero attached hydrogens (tertiary/aromatic N) is 1. The summed E-state index contributed by atoms with van der Waals surface area (Å²) >= 11 is 0. The van der Waals surface area contributed by atoms with Crippen LogP contribution in [0.25, 0.3) is 0 Å². The van der Waals surface area contributed by atoms with Crippen LogP contribution >= 0.6 is 0 Å². The number of carbonyl (C=O) groups excluding carboxylic acids is 3. The number of hydrogen-bond donors (Lipinski definition) is 0. The van der Waals surface area contributed by atoms with Crippen LogP contribution in [0.4, 0.5) is 4.79 Å². The molecular formula is C24H25NO4. The van der Waals surface area contributed by atoms with E-state index >= 15 is 0 Å². The molecule has 5 heteroatoms. The number of allylic oxidation sites excluding steroid dienone is 1. The molecule has 0 radical (unpaired) electrons. The molecule has 2 aromatic carbocycles. The molecule has 150 valence electrons. The quantitative estimate of drug-likeness (QED) is 0.501. The van der Waals surface area contributed by atoms with Crippen molar-refractivity contribution in [1.29, 1.82) is 0 Å². The van der Waals surface area contributed by atoms with Crippen LogP contribution in [0.5, 0.6) is 0 Å². The number of carbonyl (C=O) groups is 3. The first kappa shape index (κ1) is 20.5. The van der Waals surface area contributed by atoms with Gasteiger partial charge in [0, 0.05) is 6.42 Å². The van der Waals surface area contributed by atoms with Gasteiger partial charge in [-0.05, 0) is 35.5 Å². The Kier molecular flexibility index (Phi) is 6.95. The maximum absolute atomic E-state index is 12.7. The fourth-order valence-corrected chi connectivity index (χ4v) is 3.67. The highest BCUT2D eigenvalue weighted by Crippen LogP contribution is 2.28. The summed E-state index contributed by atoms with van der Waals surface area (Å²) in [5, 5.41) is 0. The highest BCUT2D eigenvalue weighted by Gasteiger charge is 2.36. The van der Waals surface area contributed by atoms with Gasteiger partial charge >= 0.3 is 6.09 Å². The van der Waals surface area contributed by atoms with Crippen molar-refractivity contribution < 1.29 is 19.1 Å². The average molecular weight is 391 g/mol. The molecule has 0 aromatic heterocycles. The summed E-state index contributed by atoms with van der Waals surface area (Å²) in [5.41, 5.74) is 2.09. The molecule has 0 spiro atoms. The van der Waals surface area contributed by atoms with Crippen molar-refractivity contribution in [2.45, 2.75) is 31.7 Å². The third-order valence-electron chi connectivity index (χ3n) is 5.27. The summed E-state index contributed by atoms with van der Waals surface area (Å²) in [7, 11) is 0. The van der Waals surface area contributed by atoms with E-state index in [-0.39, 0.29) is 24.5 Å². The number of imide groups is 1. The van der Waals surface area contributed by atoms with Gasteiger partial charge in [-0.15, -0.1) is 0 Å². The first-order valence-electron chi connectivity index (χ1n) is 9.80. The summed E-state index contributed by atoms with van der Waals surface area (Å²) in [6.45, 7) is 2.16. The maximum atomic E-state index is 12.7. The average Bonchev–Trinajstić information content (AvgIpc) is 3.11. The number of aldehydes is 1. The van der Waals surface area contributed by atoms with E-state index in [2.05, 4.69) is 0 Å². The molecule has 1 aliphatic heterocycles. The van der Waals surface area contributed by atoms with Gasteiger partial charge in [-0.3, -0.25) is 4.79 Å². The summed E-state index contributed by atoms with van der Waals surface area (Å²) in [4.78, 5) is 37.2. The minimum Gasteiger partial charge on any atom is -0.447 e. The van der Waals surface area contributed by atoms with E-state index < -0.39 is 12.0 Å². The molecule has 1 saturated heterocycles. The van der Waals surface area contributed by atoms with Gasteiger partial charge in [-0.25, -0.2) is 9.69 Å². The molecule has 0 unspecified atom stereocenters. The third-order valence-corrected chi connectivity index (χ3v) is 5.27. The summed E-state index contributed by atoms with van der Waals surface area (Å²) in [6, 6.07) is 19.1. The van der Waals surface area contributed by atoms with Gasteiger partial charge in [0.15, 0.2) is 0 Å². The zero-order chi connectivity index (χ0) is 20.6. The lowest BCUT2D eigenvalue weighted by molar-refractivity contribution is -0.124. The number of hydrogen-bond acceptors (Lipinski definition) is 4. The number of ether oxygens (including phenoxy) is 1. The van der Waals surface area contributed by atoms with Gasteiger partial charge in [-0.2, -0.15) is 0 Å². The van der Waals surface area contributed by atoms with E-state index in [0.717, 1.165) is 17.4 Å². The molecule has 1 fully saturated rings. The largest absolute Gasteiger partial charge is 0.447 e. The van der Waals surface area contributed by atoms with E-state index in [4.69, 9.17) is 4.74 Å². The number of cyclic esters (lactones) is 1. The van der Waals surface area contributed by atoms with Crippen molar-refractivity contribution in [2.24, 2.45) is 5.92 Å². The zero-order valence-corrected chi connectivity index (χ0v) is 16.4. The number of benzene rings is 2. The van der Waals surface area contributed by atoms with Gasteiger partial charge in [0.25, 0.3) is 5.91 Å². The smallest absolute Gasteiger partial charge is 0.417 e. The first-order valence-corrected chi connectivity index (χ1v) is 9.80. The normalized spacial score (nSPS) is 18.4. The van der Waals surface area contributed by atoms with Crippen LogP contribution in [0.2, 0.25) is 0 Å². The SMILES string of the molecule is C[C@H](/C=C/C(=O)N1C(=O)OC[C@@H]1Cc1ccccc1)[C@@H](CC=O)c1ccccc1. The van der Waals surface area contributed by atoms with Gasteiger partial charge in [0.1, 0.15) is 12.9 Å². The fourth-order valence-electron chi connectivity index (χ4n) is 3.67. The molecule has 1 heterocycles. The molecule has 29 heavy (non-hydrogen) atoms. The van der Waals surface area contributed by atoms with Crippen LogP contribution in [0.1, 0.15) is 30.4 Å². The maximum Gasteiger partial charge on any atom is 0.417 e. The molecule has 2 amide bonds. The Morgan fingerprint density at radius 3 is 2.45 bits per heavy atom. The lowest BCUT2D eigenvalue weighted by atomic mass is 9.85. The van der Waals surface area contributed by atoms with Gasteiger partial charge in [0.2, 0.25) is 0 Å². The van der Waals surface area contributed by atoms with E-state index in [1.807, 2.05) is 67.6 Å². The van der Waals surface area contributed by atoms with E-state index in [1.165, 1.54) is 11.0 Å². The molecule has 3 rings (SSSR count). The molecule has 0 bridgehead atoms. The fraction of sp³-hybridized carbons (Fsp3) is 0.292. The highest BCUT2D eigenvalue weighted by atomic mass is 16.6. The van der Waals surface area contributed by atoms with Crippen molar-refractivity contribution in [2.75, 3.05) is 6.61 Å². The van der Waals surface area contributed by atoms with Gasteiger partial charge in [-0.1, -0.05) is 73.7 Å². The van der Waals surface area contributed by atoms with Crippen LogP contribution < -0.4 is 0 Å². The molecule has 1 aliphatic rings. The predicted octanol–water partition coefficient (Wildman–Crippen LogP) is 4.14. The van der Waals surface area contributed by atoms with Crippen LogP contribution in [0.3, 0.4) is 0 Å². The van der Waals surface area contributed by atoms with E-state index in [9.17, 15) is 14.4 Å². The number of rotatable bonds is 8. The van der Waals surface area contributed by atoms with E-state index in [0.29, 0.717) is 12.8 Å². The molecule has 0 aliphatic carbocycles. The van der Waals surface area contributed by atoms with E-state index in [1.54, 1.807) is 6.08 Å². The Balaban J connectivity index is 1.70. The van der Waals surface area contributed by atoms with Crippen molar-refractivity contribution in [3.8, 4) is 0 Å². The second-order valence-corrected chi connectivity index (χ2v) is 7.27. The van der Waals surface area contributed by atoms with Crippen LogP contribution in [0.15, 0.2) is 72.8 Å². The molecule has 2 aromatic rings. The Bertz CT molecular complexity index is 863. The minimum atomic E-state index is -0.610. The molecular weight excluding hydrogens is 366 g/mol. The third kappa shape index (κ3) is 5.19. The second kappa shape index (κ2) is 9.82. The van der Waals surface area contributed by atoms with Gasteiger partial charge in [0.05, 0.1) is 6.04 Å². The van der Waals surface area contributed by atoms with Crippen molar-refractivity contribution in [3.05, 3.63) is 83.9 Å². The Hall–Kier alpha value is -3.21. The molecule has 5 nitrogen and oxygen atoms in total. The predicted molar refractivity (Wildman–Crippen MR) is 110 cm³/mol. The monoisotopic (exact) mass is 391 g/mol. The summed E-state index contributed by atoms with van der Waals surface area (Å²) < 4.78 is 5.12. The molecule has 3 atom stereocenters. The molecule has 0 saturated carbocycles. The Labute approximate surface area is 171 Å². The number of amides is 2. The van der Waals surface area contributed by atoms with Crippen molar-refractivity contribution in [1.82, 2.24) is 4.90 Å². The van der Waals surface area contributed by atoms with Crippen molar-refractivity contribution in [3.63, 3.8) is 0 Å². The minimum absolute atomic E-state index is 0.0246. The van der Waals surface area contributed by atoms with Crippen LogP contribution in [-0.2, 0) is 20.7 Å². The second-order valence-electron chi connectivity index (χ2n) is 7.27. The van der Waals surface area contributed by atoms with Crippen LogP contribution in [0, 0.1) is 5.92 Å². The summed E-state index contributed by atoms with van der Waals surface area (Å²) in [5.74, 6) is -0.459. The van der Waals surface area contributed by atoms with Crippen molar-refractivity contribution >= 4 is 18.3 Å². The molecule has 0 N–H and O–H groups in total. The highest BCUT2D eigenvalue weighted by molar-refractivity contribution is 5.99. The first-order chi connectivity index (χ1) is 14.1. The Morgan fingerprint density at radius 1 is 1.14 bits per heavy atom. The van der Waals surface area contributed by atoms with Gasteiger partial charge < -0.3 is 9.53 Å².